The first-order valence-corrected chi connectivity index (χ1v) is 29.2. The number of hydrogen-bond donors (Lipinski definition) is 0. The number of carbonyl (C=O) groups is 6. The van der Waals surface area contributed by atoms with Gasteiger partial charge in [0.25, 0.3) is 0 Å². The second kappa shape index (κ2) is 28.1. The highest BCUT2D eigenvalue weighted by atomic mass is 16.7. The Kier molecular flexibility index (Phi) is 19.4. The summed E-state index contributed by atoms with van der Waals surface area (Å²) in [5, 5.41) is 24.1. The zero-order valence-electron chi connectivity index (χ0n) is 50.6. The van der Waals surface area contributed by atoms with Crippen LogP contribution in [-0.2, 0) is 48.2 Å². The van der Waals surface area contributed by atoms with Crippen LogP contribution in [0.5, 0.6) is 0 Å². The molecule has 6 aromatic carbocycles. The van der Waals surface area contributed by atoms with E-state index in [0.29, 0.717) is 58.3 Å². The fourth-order valence-corrected chi connectivity index (χ4v) is 10.6. The van der Waals surface area contributed by atoms with Gasteiger partial charge in [-0.3, -0.25) is 4.79 Å². The van der Waals surface area contributed by atoms with Gasteiger partial charge in [-0.1, -0.05) is 93.9 Å². The number of oxime groups is 5. The van der Waals surface area contributed by atoms with Crippen molar-refractivity contribution in [2.45, 2.75) is 99.8 Å². The molecule has 20 nitrogen and oxygen atoms in total. The minimum Gasteiger partial charge on any atom is -0.463 e. The molecular formula is C70H63N7O13. The van der Waals surface area contributed by atoms with Gasteiger partial charge in [-0.15, -0.1) is 0 Å². The van der Waals surface area contributed by atoms with Gasteiger partial charge in [-0.25, -0.2) is 24.0 Å². The second-order valence-corrected chi connectivity index (χ2v) is 21.4. The molecule has 0 aliphatic rings. The van der Waals surface area contributed by atoms with Crippen LogP contribution in [0.4, 0.5) is 0 Å². The molecule has 0 N–H and O–H groups in total. The van der Waals surface area contributed by atoms with Crippen molar-refractivity contribution in [2.24, 2.45) is 25.8 Å². The average molecular weight is 1210 g/mol. The first kappa shape index (κ1) is 61.9. The van der Waals surface area contributed by atoms with Gasteiger partial charge in [-0.05, 0) is 165 Å². The highest BCUT2D eigenvalue weighted by molar-refractivity contribution is 6.18. The van der Waals surface area contributed by atoms with Crippen LogP contribution < -0.4 is 0 Å². The van der Waals surface area contributed by atoms with Gasteiger partial charge in [0, 0.05) is 78.7 Å². The minimum absolute atomic E-state index is 0.227. The number of aromatic nitrogens is 2. The van der Waals surface area contributed by atoms with Gasteiger partial charge < -0.3 is 42.2 Å². The lowest BCUT2D eigenvalue weighted by atomic mass is 10.0. The Morgan fingerprint density at radius 1 is 0.356 bits per heavy atom. The van der Waals surface area contributed by atoms with E-state index in [0.717, 1.165) is 116 Å². The van der Waals surface area contributed by atoms with Crippen LogP contribution in [0.15, 0.2) is 193 Å². The standard InChI is InChI=1S/C70H63N7O13/c1-42(71-86-44(3)78)51-24-32-63-57(38-51)59-40-53(69(75-90-48(7)82)67-18-14-36-84-67)26-34-65(59)76(63)55-28-20-49(21-29-55)61(73-88-46(5)80)16-12-10-8-9-11-13-17-62(74-89-47(6)81)50-22-30-56(31-23-50)77-64-33-25-52(43(2)72-87-45(4)79)39-58(64)60-41-54(27-35-66(60)77)70(83)68-19-15-37-85-68/h14-15,18-41H,8-13,16-17H2,1-7H3/b71-42?,72-43?,73-61-,74-62-,75-69?. The smallest absolute Gasteiger partial charge is 0.332 e. The molecule has 0 unspecified atom stereocenters. The molecule has 0 radical (unpaired) electrons. The van der Waals surface area contributed by atoms with E-state index in [-0.39, 0.29) is 11.5 Å². The molecule has 0 aliphatic heterocycles. The molecule has 0 aliphatic carbocycles. The summed E-state index contributed by atoms with van der Waals surface area (Å²) in [5.41, 5.74) is 11.8. The van der Waals surface area contributed by atoms with Gasteiger partial charge in [0.05, 0.1) is 57.4 Å². The SMILES string of the molecule is CC(=O)ON=C(C)c1ccc2c(c1)c1cc(C(=O)c3ccco3)ccc1n2-c1ccc(/C(CCCCCCCC/C(=N/OC(C)=O)c2ccc(-n3c4ccc(C(C)=NOC(C)=O)cc4c4cc(C(=NOC(C)=O)c5ccco5)ccc43)cc2)=N\OC(C)=O)cc1. The molecule has 10 aromatic rings. The van der Waals surface area contributed by atoms with Crippen LogP contribution in [0.25, 0.3) is 55.0 Å². The normalized spacial score (nSPS) is 12.5. The Hall–Kier alpha value is -11.2. The number of ketones is 1. The van der Waals surface area contributed by atoms with Crippen LogP contribution in [0.1, 0.15) is 150 Å². The van der Waals surface area contributed by atoms with Crippen molar-refractivity contribution in [1.29, 1.82) is 0 Å². The molecule has 4 aromatic heterocycles. The highest BCUT2D eigenvalue weighted by Crippen LogP contribution is 2.37. The van der Waals surface area contributed by atoms with Crippen molar-refractivity contribution in [3.8, 4) is 11.4 Å². The van der Waals surface area contributed by atoms with Crippen molar-refractivity contribution in [3.05, 3.63) is 203 Å². The number of carbonyl (C=O) groups excluding carboxylic acids is 6. The maximum absolute atomic E-state index is 13.5. The molecule has 0 bridgehead atoms. The lowest BCUT2D eigenvalue weighted by Gasteiger charge is -2.11. The summed E-state index contributed by atoms with van der Waals surface area (Å²) in [6.45, 7) is 9.97. The minimum atomic E-state index is -0.586. The Bertz CT molecular complexity index is 4530. The zero-order chi connectivity index (χ0) is 63.4. The average Bonchev–Trinajstić information content (AvgIpc) is 1.64. The number of rotatable bonds is 24. The molecule has 0 amide bonds. The van der Waals surface area contributed by atoms with E-state index >= 15 is 0 Å². The lowest BCUT2D eigenvalue weighted by molar-refractivity contribution is -0.141. The Morgan fingerprint density at radius 2 is 0.689 bits per heavy atom. The van der Waals surface area contributed by atoms with Crippen molar-refractivity contribution in [2.75, 3.05) is 0 Å². The second-order valence-electron chi connectivity index (χ2n) is 21.4. The molecule has 10 rings (SSSR count). The number of fused-ring (bicyclic) bond motifs is 6. The number of nitrogens with zero attached hydrogens (tertiary/aromatic N) is 7. The van der Waals surface area contributed by atoms with Crippen molar-refractivity contribution < 1.29 is 61.8 Å². The van der Waals surface area contributed by atoms with Gasteiger partial charge in [0.1, 0.15) is 0 Å². The fourth-order valence-electron chi connectivity index (χ4n) is 10.6. The Balaban J connectivity index is 0.815. The van der Waals surface area contributed by atoms with E-state index in [2.05, 4.69) is 34.9 Å². The number of hydrogen-bond acceptors (Lipinski definition) is 18. The third kappa shape index (κ3) is 14.5. The number of furan rings is 2. The molecule has 0 spiro atoms. The van der Waals surface area contributed by atoms with Crippen LogP contribution >= 0.6 is 0 Å². The van der Waals surface area contributed by atoms with Crippen LogP contribution in [0.3, 0.4) is 0 Å². The van der Waals surface area contributed by atoms with Crippen LogP contribution in [0.2, 0.25) is 0 Å². The van der Waals surface area contributed by atoms with Gasteiger partial charge in [-0.2, -0.15) is 0 Å². The van der Waals surface area contributed by atoms with Gasteiger partial charge in [0.2, 0.25) is 5.78 Å². The zero-order valence-corrected chi connectivity index (χ0v) is 50.6. The van der Waals surface area contributed by atoms with Gasteiger partial charge in [0.15, 0.2) is 17.2 Å². The molecule has 4 heterocycles. The number of unbranched alkanes of at least 4 members (excludes halogenated alkanes) is 5. The van der Waals surface area contributed by atoms with E-state index in [4.69, 9.17) is 33.0 Å². The summed E-state index contributed by atoms with van der Waals surface area (Å²) >= 11 is 0. The summed E-state index contributed by atoms with van der Waals surface area (Å²) < 4.78 is 15.4. The lowest BCUT2D eigenvalue weighted by Crippen LogP contribution is -2.06. The molecule has 90 heavy (non-hydrogen) atoms. The van der Waals surface area contributed by atoms with E-state index in [1.54, 1.807) is 44.2 Å². The van der Waals surface area contributed by atoms with Crippen LogP contribution in [-0.4, -0.2) is 73.3 Å². The summed E-state index contributed by atoms with van der Waals surface area (Å²) in [4.78, 5) is 98.1. The largest absolute Gasteiger partial charge is 0.463 e. The molecule has 0 saturated heterocycles. The fraction of sp³-hybridized carbons (Fsp3) is 0.214. The molecule has 456 valence electrons. The van der Waals surface area contributed by atoms with Gasteiger partial charge >= 0.3 is 29.8 Å². The van der Waals surface area contributed by atoms with E-state index in [9.17, 15) is 28.8 Å². The van der Waals surface area contributed by atoms with E-state index in [1.165, 1.54) is 47.1 Å². The summed E-state index contributed by atoms with van der Waals surface area (Å²) in [6, 6.07) is 45.5. The summed E-state index contributed by atoms with van der Waals surface area (Å²) in [6.07, 6.45) is 9.32. The molecular weight excluding hydrogens is 1150 g/mol. The Labute approximate surface area is 516 Å². The van der Waals surface area contributed by atoms with E-state index < -0.39 is 29.8 Å². The monoisotopic (exact) mass is 1210 g/mol. The highest BCUT2D eigenvalue weighted by Gasteiger charge is 2.22. The predicted octanol–water partition coefficient (Wildman–Crippen LogP) is 14.5. The maximum atomic E-state index is 13.5. The van der Waals surface area contributed by atoms with Crippen molar-refractivity contribution in [3.63, 3.8) is 0 Å². The maximum Gasteiger partial charge on any atom is 0.332 e. The predicted molar refractivity (Wildman–Crippen MR) is 341 cm³/mol. The van der Waals surface area contributed by atoms with Crippen molar-refractivity contribution in [1.82, 2.24) is 9.13 Å². The van der Waals surface area contributed by atoms with Crippen molar-refractivity contribution >= 4 is 108 Å². The topological polar surface area (TPSA) is 247 Å². The number of benzene rings is 6. The first-order chi connectivity index (χ1) is 43.5. The molecule has 0 saturated carbocycles. The molecule has 0 fully saturated rings. The first-order valence-electron chi connectivity index (χ1n) is 29.2. The quantitative estimate of drug-likeness (QED) is 0.0180. The van der Waals surface area contributed by atoms with Crippen LogP contribution in [0, 0.1) is 0 Å². The summed E-state index contributed by atoms with van der Waals surface area (Å²) in [7, 11) is 0. The third-order valence-corrected chi connectivity index (χ3v) is 14.9. The molecule has 20 heteroatoms. The van der Waals surface area contributed by atoms with E-state index in [1.807, 2.05) is 115 Å². The summed E-state index contributed by atoms with van der Waals surface area (Å²) in [5.74, 6) is -2.34. The Morgan fingerprint density at radius 3 is 1.09 bits per heavy atom. The third-order valence-electron chi connectivity index (χ3n) is 14.9. The molecule has 0 atom stereocenters.